The lowest BCUT2D eigenvalue weighted by molar-refractivity contribution is 0.0408. The molecule has 0 atom stereocenters. The van der Waals surface area contributed by atoms with Gasteiger partial charge in [-0.15, -0.1) is 44.8 Å². The maximum atomic E-state index is 5.77. The van der Waals surface area contributed by atoms with Crippen molar-refractivity contribution >= 4 is 50.8 Å². The van der Waals surface area contributed by atoms with Gasteiger partial charge >= 0.3 is 6.00 Å². The Morgan fingerprint density at radius 1 is 0.850 bits per heavy atom. The number of hydrogen-bond acceptors (Lipinski definition) is 2. The topological polar surface area (TPSA) is 18.5 Å². The van der Waals surface area contributed by atoms with E-state index in [9.17, 15) is 0 Å². The largest absolute Gasteiger partial charge is 0.379 e. The monoisotopic (exact) mass is 374 g/mol. The van der Waals surface area contributed by atoms with Crippen molar-refractivity contribution in [2.75, 3.05) is 19.8 Å². The minimum absolute atomic E-state index is 0.534. The fraction of sp³-hybridized carbons (Fsp3) is 0.538. The maximum absolute atomic E-state index is 5.77. The van der Waals surface area contributed by atoms with Crippen LogP contribution in [0, 0.1) is 0 Å². The Hall–Kier alpha value is 0.517. The zero-order chi connectivity index (χ0) is 14.8. The number of rotatable bonds is 10. The van der Waals surface area contributed by atoms with Crippen molar-refractivity contribution in [3.8, 4) is 0 Å². The van der Waals surface area contributed by atoms with Gasteiger partial charge in [-0.1, -0.05) is 24.3 Å². The van der Waals surface area contributed by atoms with Crippen LogP contribution in [0.15, 0.2) is 24.3 Å². The van der Waals surface area contributed by atoms with Crippen LogP contribution < -0.4 is 0 Å². The second-order valence-corrected chi connectivity index (χ2v) is 13.9. The van der Waals surface area contributed by atoms with Crippen LogP contribution in [-0.4, -0.2) is 25.8 Å². The molecule has 0 amide bonds. The Kier molecular flexibility index (Phi) is 9.54. The molecule has 0 unspecified atom stereocenters. The summed E-state index contributed by atoms with van der Waals surface area (Å²) >= 11 is 23.0. The van der Waals surface area contributed by atoms with E-state index in [0.717, 1.165) is 17.5 Å². The van der Waals surface area contributed by atoms with Gasteiger partial charge in [-0.05, 0) is 23.6 Å². The minimum atomic E-state index is -2.49. The van der Waals surface area contributed by atoms with Crippen LogP contribution in [-0.2, 0) is 22.0 Å². The van der Waals surface area contributed by atoms with E-state index in [4.69, 9.17) is 54.3 Å². The third-order valence-electron chi connectivity index (χ3n) is 2.57. The lowest BCUT2D eigenvalue weighted by Gasteiger charge is -2.08. The Labute approximate surface area is 140 Å². The standard InChI is InChI=1S/C13H18Cl4O2Si/c14-10-12-2-4-13(5-3-12)11-19-8-7-18-6-1-9-20(15,16)17/h2-5H,1,6-11H2. The molecule has 0 fully saturated rings. The van der Waals surface area contributed by atoms with Crippen LogP contribution in [0.4, 0.5) is 0 Å². The van der Waals surface area contributed by atoms with Gasteiger partial charge in [-0.3, -0.25) is 0 Å². The third kappa shape index (κ3) is 9.45. The number of hydrogen-bond donors (Lipinski definition) is 0. The van der Waals surface area contributed by atoms with E-state index in [-0.39, 0.29) is 0 Å². The number of halogens is 4. The Balaban J connectivity index is 1.99. The first-order chi connectivity index (χ1) is 9.51. The number of alkyl halides is 1. The van der Waals surface area contributed by atoms with Gasteiger partial charge in [0, 0.05) is 12.5 Å². The number of ether oxygens (including phenoxy) is 2. The van der Waals surface area contributed by atoms with Gasteiger partial charge in [-0.2, -0.15) is 0 Å². The van der Waals surface area contributed by atoms with Crippen LogP contribution in [0.25, 0.3) is 0 Å². The molecule has 0 aliphatic heterocycles. The van der Waals surface area contributed by atoms with Crippen molar-refractivity contribution < 1.29 is 9.47 Å². The second-order valence-electron chi connectivity index (χ2n) is 4.33. The minimum Gasteiger partial charge on any atom is -0.379 e. The Morgan fingerprint density at radius 2 is 1.45 bits per heavy atom. The predicted molar refractivity (Wildman–Crippen MR) is 89.2 cm³/mol. The zero-order valence-corrected chi connectivity index (χ0v) is 15.1. The molecular weight excluding hydrogens is 358 g/mol. The highest BCUT2D eigenvalue weighted by molar-refractivity contribution is 7.64. The molecule has 1 aromatic rings. The third-order valence-corrected chi connectivity index (χ3v) is 5.50. The Morgan fingerprint density at radius 3 is 2.05 bits per heavy atom. The summed E-state index contributed by atoms with van der Waals surface area (Å²) in [4.78, 5) is 0. The molecule has 2 nitrogen and oxygen atoms in total. The van der Waals surface area contributed by atoms with E-state index in [0.29, 0.717) is 38.4 Å². The van der Waals surface area contributed by atoms with E-state index in [1.807, 2.05) is 24.3 Å². The fourth-order valence-corrected chi connectivity index (χ4v) is 3.44. The van der Waals surface area contributed by atoms with Crippen molar-refractivity contribution in [2.45, 2.75) is 25.0 Å². The van der Waals surface area contributed by atoms with Crippen LogP contribution in [0.5, 0.6) is 0 Å². The summed E-state index contributed by atoms with van der Waals surface area (Å²) in [6, 6.07) is 6.18. The molecule has 0 saturated heterocycles. The highest BCUT2D eigenvalue weighted by atomic mass is 35.8. The van der Waals surface area contributed by atoms with E-state index >= 15 is 0 Å². The molecule has 0 heterocycles. The van der Waals surface area contributed by atoms with Gasteiger partial charge in [0.15, 0.2) is 0 Å². The summed E-state index contributed by atoms with van der Waals surface area (Å²) in [5.41, 5.74) is 2.23. The highest BCUT2D eigenvalue weighted by Crippen LogP contribution is 2.26. The summed E-state index contributed by atoms with van der Waals surface area (Å²) < 4.78 is 10.9. The van der Waals surface area contributed by atoms with Crippen LogP contribution >= 0.6 is 44.8 Å². The molecule has 0 N–H and O–H groups in total. The molecule has 7 heteroatoms. The highest BCUT2D eigenvalue weighted by Gasteiger charge is 2.23. The summed E-state index contributed by atoms with van der Waals surface area (Å²) in [5, 5.41) is 0. The van der Waals surface area contributed by atoms with Crippen molar-refractivity contribution in [2.24, 2.45) is 0 Å². The first-order valence-corrected chi connectivity index (χ1v) is 12.1. The van der Waals surface area contributed by atoms with Crippen LogP contribution in [0.2, 0.25) is 6.04 Å². The first kappa shape index (κ1) is 18.6. The van der Waals surface area contributed by atoms with E-state index in [1.54, 1.807) is 0 Å². The van der Waals surface area contributed by atoms with Gasteiger partial charge in [0.2, 0.25) is 0 Å². The molecule has 0 radical (unpaired) electrons. The molecule has 0 saturated carbocycles. The number of benzene rings is 1. The molecule has 20 heavy (non-hydrogen) atoms. The predicted octanol–water partition coefficient (Wildman–Crippen LogP) is 5.00. The van der Waals surface area contributed by atoms with E-state index in [2.05, 4.69) is 0 Å². The SMILES string of the molecule is ClCc1ccc(COCCOCCC[Si](Cl)(Cl)Cl)cc1. The van der Waals surface area contributed by atoms with Crippen LogP contribution in [0.1, 0.15) is 17.5 Å². The van der Waals surface area contributed by atoms with Gasteiger partial charge in [-0.25, -0.2) is 0 Å². The molecule has 0 spiro atoms. The average Bonchev–Trinajstić information content (AvgIpc) is 2.41. The molecular formula is C13H18Cl4O2Si. The fourth-order valence-electron chi connectivity index (χ4n) is 1.51. The molecule has 0 bridgehead atoms. The summed E-state index contributed by atoms with van der Waals surface area (Å²) in [6.07, 6.45) is 0.780. The van der Waals surface area contributed by atoms with Crippen molar-refractivity contribution in [1.82, 2.24) is 0 Å². The smallest absolute Gasteiger partial charge is 0.341 e. The Bertz CT molecular complexity index is 368. The quantitative estimate of drug-likeness (QED) is 0.248. The molecule has 1 aromatic carbocycles. The lowest BCUT2D eigenvalue weighted by Crippen LogP contribution is -2.11. The van der Waals surface area contributed by atoms with Gasteiger partial charge in [0.05, 0.1) is 19.8 Å². The first-order valence-electron chi connectivity index (χ1n) is 6.37. The molecule has 114 valence electrons. The normalized spacial score (nSPS) is 11.8. The summed E-state index contributed by atoms with van der Waals surface area (Å²) in [7, 11) is 0. The summed E-state index contributed by atoms with van der Waals surface area (Å²) in [5.74, 6) is 0.534. The van der Waals surface area contributed by atoms with Crippen LogP contribution in [0.3, 0.4) is 0 Å². The molecule has 0 aliphatic rings. The maximum Gasteiger partial charge on any atom is 0.341 e. The average molecular weight is 376 g/mol. The van der Waals surface area contributed by atoms with E-state index < -0.39 is 6.00 Å². The molecule has 0 aliphatic carbocycles. The lowest BCUT2D eigenvalue weighted by atomic mass is 10.2. The van der Waals surface area contributed by atoms with Crippen molar-refractivity contribution in [3.05, 3.63) is 35.4 Å². The summed E-state index contributed by atoms with van der Waals surface area (Å²) in [6.45, 7) is 2.30. The van der Waals surface area contributed by atoms with Gasteiger partial charge in [0.25, 0.3) is 0 Å². The van der Waals surface area contributed by atoms with Gasteiger partial charge in [0.1, 0.15) is 0 Å². The van der Waals surface area contributed by atoms with E-state index in [1.165, 1.54) is 0 Å². The van der Waals surface area contributed by atoms with Gasteiger partial charge < -0.3 is 9.47 Å². The van der Waals surface area contributed by atoms with Crippen molar-refractivity contribution in [1.29, 1.82) is 0 Å². The second kappa shape index (κ2) is 10.3. The van der Waals surface area contributed by atoms with Crippen molar-refractivity contribution in [3.63, 3.8) is 0 Å². The molecule has 1 rings (SSSR count). The zero-order valence-electron chi connectivity index (χ0n) is 11.1. The molecule has 0 aromatic heterocycles.